The van der Waals surface area contributed by atoms with Crippen LogP contribution in [0, 0.1) is 12.7 Å². The molecule has 30 heavy (non-hydrogen) atoms. The van der Waals surface area contributed by atoms with Gasteiger partial charge in [-0.1, -0.05) is 13.8 Å². The van der Waals surface area contributed by atoms with Crippen molar-refractivity contribution in [3.05, 3.63) is 58.9 Å². The molecule has 0 fully saturated rings. The fourth-order valence-corrected chi connectivity index (χ4v) is 4.17. The average Bonchev–Trinajstić information content (AvgIpc) is 2.65. The lowest BCUT2D eigenvalue weighted by Crippen LogP contribution is -2.41. The van der Waals surface area contributed by atoms with E-state index in [1.807, 2.05) is 26.0 Å². The Morgan fingerprint density at radius 2 is 1.73 bits per heavy atom. The van der Waals surface area contributed by atoms with Crippen molar-refractivity contribution in [2.24, 2.45) is 0 Å². The number of aryl methyl sites for hydroxylation is 1. The van der Waals surface area contributed by atoms with E-state index in [2.05, 4.69) is 19.2 Å². The van der Waals surface area contributed by atoms with Crippen LogP contribution in [0.1, 0.15) is 49.4 Å². The molecule has 0 unspecified atom stereocenters. The van der Waals surface area contributed by atoms with Gasteiger partial charge in [0, 0.05) is 0 Å². The lowest BCUT2D eigenvalue weighted by atomic mass is 9.93. The predicted octanol–water partition coefficient (Wildman–Crippen LogP) is 3.91. The maximum absolute atomic E-state index is 13.2. The molecule has 0 spiro atoms. The molecule has 2 rings (SSSR count). The number of ether oxygens (including phenoxy) is 1. The Hall–Kier alpha value is -2.61. The molecule has 0 saturated heterocycles. The number of nitrogens with zero attached hydrogens (tertiary/aromatic N) is 1. The predicted molar refractivity (Wildman–Crippen MR) is 117 cm³/mol. The zero-order valence-corrected chi connectivity index (χ0v) is 19.0. The van der Waals surface area contributed by atoms with Gasteiger partial charge in [-0.05, 0) is 72.9 Å². The fraction of sp³-hybridized carbons (Fsp3) is 0.409. The SMILES string of the molecule is COc1cc(C)c([C@@H](C)NC(=O)CN(c2ccc(F)cc2)S(C)(=O)=O)cc1C(C)C. The summed E-state index contributed by atoms with van der Waals surface area (Å²) >= 11 is 0. The number of amides is 1. The van der Waals surface area contributed by atoms with Gasteiger partial charge in [0.2, 0.25) is 15.9 Å². The molecule has 2 aromatic rings. The highest BCUT2D eigenvalue weighted by Crippen LogP contribution is 2.32. The van der Waals surface area contributed by atoms with E-state index >= 15 is 0 Å². The number of halogens is 1. The molecule has 1 amide bonds. The van der Waals surface area contributed by atoms with Crippen LogP contribution < -0.4 is 14.4 Å². The average molecular weight is 437 g/mol. The molecular formula is C22H29FN2O4S. The highest BCUT2D eigenvalue weighted by Gasteiger charge is 2.23. The van der Waals surface area contributed by atoms with Gasteiger partial charge in [0.15, 0.2) is 0 Å². The molecule has 0 aliphatic rings. The van der Waals surface area contributed by atoms with Crippen molar-refractivity contribution in [3.63, 3.8) is 0 Å². The van der Waals surface area contributed by atoms with E-state index in [9.17, 15) is 17.6 Å². The number of methoxy groups -OCH3 is 1. The van der Waals surface area contributed by atoms with Crippen LogP contribution in [-0.4, -0.2) is 34.2 Å². The van der Waals surface area contributed by atoms with E-state index in [4.69, 9.17) is 4.74 Å². The van der Waals surface area contributed by atoms with Crippen molar-refractivity contribution in [2.45, 2.75) is 39.7 Å². The first kappa shape index (κ1) is 23.7. The number of rotatable bonds is 8. The lowest BCUT2D eigenvalue weighted by Gasteiger charge is -2.24. The van der Waals surface area contributed by atoms with Gasteiger partial charge < -0.3 is 10.1 Å². The van der Waals surface area contributed by atoms with Gasteiger partial charge in [0.25, 0.3) is 0 Å². The van der Waals surface area contributed by atoms with Crippen LogP contribution in [0.15, 0.2) is 36.4 Å². The molecule has 1 atom stereocenters. The number of benzene rings is 2. The summed E-state index contributed by atoms with van der Waals surface area (Å²) in [6.45, 7) is 7.51. The number of hydrogen-bond acceptors (Lipinski definition) is 4. The third-order valence-corrected chi connectivity index (χ3v) is 6.03. The highest BCUT2D eigenvalue weighted by molar-refractivity contribution is 7.92. The number of anilines is 1. The topological polar surface area (TPSA) is 75.7 Å². The second kappa shape index (κ2) is 9.47. The third kappa shape index (κ3) is 5.72. The van der Waals surface area contributed by atoms with Gasteiger partial charge in [-0.25, -0.2) is 12.8 Å². The van der Waals surface area contributed by atoms with E-state index in [0.717, 1.165) is 45.1 Å². The highest BCUT2D eigenvalue weighted by atomic mass is 32.2. The zero-order chi connectivity index (χ0) is 22.6. The van der Waals surface area contributed by atoms with Crippen molar-refractivity contribution in [2.75, 3.05) is 24.2 Å². The number of carbonyl (C=O) groups is 1. The van der Waals surface area contributed by atoms with Crippen LogP contribution in [-0.2, 0) is 14.8 Å². The summed E-state index contributed by atoms with van der Waals surface area (Å²) in [6, 6.07) is 8.58. The molecule has 6 nitrogen and oxygen atoms in total. The molecule has 0 heterocycles. The summed E-state index contributed by atoms with van der Waals surface area (Å²) in [5.74, 6) is 0.0884. The second-order valence-corrected chi connectivity index (χ2v) is 9.55. The Labute approximate surface area is 178 Å². The Morgan fingerprint density at radius 3 is 2.23 bits per heavy atom. The summed E-state index contributed by atoms with van der Waals surface area (Å²) < 4.78 is 44.0. The molecule has 0 aromatic heterocycles. The normalized spacial score (nSPS) is 12.5. The lowest BCUT2D eigenvalue weighted by molar-refractivity contribution is -0.120. The van der Waals surface area contributed by atoms with Crippen LogP contribution in [0.4, 0.5) is 10.1 Å². The molecule has 164 valence electrons. The van der Waals surface area contributed by atoms with Gasteiger partial charge in [-0.3, -0.25) is 9.10 Å². The summed E-state index contributed by atoms with van der Waals surface area (Å²) in [4.78, 5) is 12.7. The molecule has 0 aliphatic carbocycles. The molecule has 2 aromatic carbocycles. The maximum Gasteiger partial charge on any atom is 0.241 e. The van der Waals surface area contributed by atoms with E-state index < -0.39 is 28.3 Å². The van der Waals surface area contributed by atoms with Crippen molar-refractivity contribution in [3.8, 4) is 5.75 Å². The number of carbonyl (C=O) groups excluding carboxylic acids is 1. The molecule has 1 N–H and O–H groups in total. The Balaban J connectivity index is 2.24. The first-order valence-corrected chi connectivity index (χ1v) is 11.5. The molecule has 0 saturated carbocycles. The fourth-order valence-electron chi connectivity index (χ4n) is 3.31. The number of sulfonamides is 1. The zero-order valence-electron chi connectivity index (χ0n) is 18.2. The summed E-state index contributed by atoms with van der Waals surface area (Å²) in [5.41, 5.74) is 3.15. The monoisotopic (exact) mass is 436 g/mol. The first-order valence-electron chi connectivity index (χ1n) is 9.65. The Kier molecular flexibility index (Phi) is 7.47. The van der Waals surface area contributed by atoms with Crippen LogP contribution in [0.2, 0.25) is 0 Å². The minimum Gasteiger partial charge on any atom is -0.496 e. The Morgan fingerprint density at radius 1 is 1.13 bits per heavy atom. The maximum atomic E-state index is 13.2. The largest absolute Gasteiger partial charge is 0.496 e. The van der Waals surface area contributed by atoms with E-state index in [1.165, 1.54) is 12.1 Å². The van der Waals surface area contributed by atoms with Crippen molar-refractivity contribution in [1.82, 2.24) is 5.32 Å². The van der Waals surface area contributed by atoms with Crippen LogP contribution in [0.3, 0.4) is 0 Å². The van der Waals surface area contributed by atoms with Gasteiger partial charge in [0.05, 0.1) is 25.1 Å². The van der Waals surface area contributed by atoms with Crippen LogP contribution >= 0.6 is 0 Å². The standard InChI is InChI=1S/C22H29FN2O4S/c1-14(2)19-12-20(15(3)11-21(19)29-5)16(4)24-22(26)13-25(30(6,27)28)18-9-7-17(23)8-10-18/h7-12,14,16H,13H2,1-6H3,(H,24,26)/t16-/m1/s1. The van der Waals surface area contributed by atoms with Crippen molar-refractivity contribution in [1.29, 1.82) is 0 Å². The smallest absolute Gasteiger partial charge is 0.241 e. The van der Waals surface area contributed by atoms with Gasteiger partial charge in [0.1, 0.15) is 18.1 Å². The van der Waals surface area contributed by atoms with Gasteiger partial charge in [-0.15, -0.1) is 0 Å². The molecule has 0 bridgehead atoms. The van der Waals surface area contributed by atoms with Crippen molar-refractivity contribution >= 4 is 21.6 Å². The quantitative estimate of drug-likeness (QED) is 0.681. The van der Waals surface area contributed by atoms with E-state index in [-0.39, 0.29) is 17.6 Å². The summed E-state index contributed by atoms with van der Waals surface area (Å²) in [7, 11) is -2.10. The van der Waals surface area contributed by atoms with Crippen molar-refractivity contribution < 1.29 is 22.3 Å². The second-order valence-electron chi connectivity index (χ2n) is 7.64. The minimum atomic E-state index is -3.73. The van der Waals surface area contributed by atoms with Crippen LogP contribution in [0.25, 0.3) is 0 Å². The van der Waals surface area contributed by atoms with Gasteiger partial charge >= 0.3 is 0 Å². The van der Waals surface area contributed by atoms with Gasteiger partial charge in [-0.2, -0.15) is 0 Å². The first-order chi connectivity index (χ1) is 13.9. The minimum absolute atomic E-state index is 0.226. The van der Waals surface area contributed by atoms with Crippen LogP contribution in [0.5, 0.6) is 5.75 Å². The molecule has 0 aliphatic heterocycles. The molecular weight excluding hydrogens is 407 g/mol. The number of nitrogens with one attached hydrogen (secondary N) is 1. The molecule has 0 radical (unpaired) electrons. The Bertz CT molecular complexity index is 1000. The van der Waals surface area contributed by atoms with E-state index in [1.54, 1.807) is 7.11 Å². The summed E-state index contributed by atoms with van der Waals surface area (Å²) in [5, 5.41) is 2.86. The number of hydrogen-bond donors (Lipinski definition) is 1. The third-order valence-electron chi connectivity index (χ3n) is 4.89. The van der Waals surface area contributed by atoms with E-state index in [0.29, 0.717) is 0 Å². The summed E-state index contributed by atoms with van der Waals surface area (Å²) in [6.07, 6.45) is 1.01. The molecule has 8 heteroatoms.